The third-order valence-corrected chi connectivity index (χ3v) is 20.2. The number of nitrogens with one attached hydrogen (secondary N) is 2. The molecule has 2 amide bonds. The van der Waals surface area contributed by atoms with Crippen LogP contribution in [-0.2, 0) is 51.4 Å². The van der Waals surface area contributed by atoms with Crippen molar-refractivity contribution in [1.82, 2.24) is 30.2 Å². The molecule has 0 spiro atoms. The largest absolute Gasteiger partial charge is 0.504 e. The van der Waals surface area contributed by atoms with Gasteiger partial charge in [0.05, 0.1) is 50.5 Å². The van der Waals surface area contributed by atoms with E-state index in [9.17, 15) is 39.9 Å². The van der Waals surface area contributed by atoms with Gasteiger partial charge in [0.15, 0.2) is 46.0 Å². The molecule has 8 aliphatic rings. The Morgan fingerprint density at radius 1 is 0.656 bits per heavy atom. The Hall–Kier alpha value is -9.04. The quantitative estimate of drug-likeness (QED) is 0.0626. The summed E-state index contributed by atoms with van der Waals surface area (Å²) in [5.74, 6) is 2.15. The first-order valence-corrected chi connectivity index (χ1v) is 31.4. The van der Waals surface area contributed by atoms with Gasteiger partial charge in [-0.25, -0.2) is 4.79 Å². The molecule has 0 aromatic heterocycles. The Morgan fingerprint density at radius 3 is 1.54 bits per heavy atom. The highest BCUT2D eigenvalue weighted by atomic mass is 16.7. The van der Waals surface area contributed by atoms with Gasteiger partial charge in [-0.1, -0.05) is 56.3 Å². The number of rotatable bonds is 12. The van der Waals surface area contributed by atoms with Crippen molar-refractivity contribution in [2.45, 2.75) is 154 Å². The van der Waals surface area contributed by atoms with Crippen molar-refractivity contribution in [1.29, 1.82) is 10.5 Å². The monoisotopic (exact) mass is 1270 g/mol. The first kappa shape index (κ1) is 64.1. The van der Waals surface area contributed by atoms with Gasteiger partial charge in [0, 0.05) is 95.6 Å². The summed E-state index contributed by atoms with van der Waals surface area (Å²) in [5.41, 5.74) is 16.7. The summed E-state index contributed by atoms with van der Waals surface area (Å²) < 4.78 is 52.2. The fourth-order valence-corrected chi connectivity index (χ4v) is 16.4. The van der Waals surface area contributed by atoms with E-state index in [1.165, 1.54) is 21.0 Å². The van der Waals surface area contributed by atoms with Crippen molar-refractivity contribution in [3.05, 3.63) is 115 Å². The molecule has 8 heterocycles. The summed E-state index contributed by atoms with van der Waals surface area (Å²) in [5, 5.41) is 50.6. The van der Waals surface area contributed by atoms with E-state index < -0.39 is 60.2 Å². The second-order valence-corrected chi connectivity index (χ2v) is 25.6. The van der Waals surface area contributed by atoms with Crippen LogP contribution in [-0.4, -0.2) is 151 Å². The van der Waals surface area contributed by atoms with Crippen LogP contribution in [0.25, 0.3) is 0 Å². The van der Waals surface area contributed by atoms with Gasteiger partial charge in [0.25, 0.3) is 0 Å². The maximum absolute atomic E-state index is 14.1. The summed E-state index contributed by atoms with van der Waals surface area (Å²) >= 11 is 0. The molecule has 490 valence electrons. The Bertz CT molecular complexity index is 3960. The summed E-state index contributed by atoms with van der Waals surface area (Å²) in [7, 11) is 7.06. The number of nitrogens with two attached hydrogens (primary N) is 1. The van der Waals surface area contributed by atoms with Gasteiger partial charge in [-0.05, 0) is 101 Å². The minimum absolute atomic E-state index is 0.00204. The number of phenolic OH excluding ortho intramolecular Hbond substituents is 2. The van der Waals surface area contributed by atoms with Gasteiger partial charge in [-0.3, -0.25) is 34.0 Å². The standard InChI is InChI=1S/C41H47N5O9.C28H32N4O6/c1-20(2)33(44-41(50)52-18-24-11-9-8-10-12-24)40(49)43-17-30-32-26(37(55-23(5)47)22(4)38-39(32)54-19-53-38)15-28-34-31-25(13-21(3)36(51-7)35(31)48)14-27(45(34)6)29(16-42)46(28)30;1-12-6-15-7-17-19(9-29)32-18(23(31(17)4)21(15)24(34)25(12)35-5)8-16-22(20(32)10-30)28-27(36-11-37-28)13(2)26(16)38-14(3)33/h8-13,20,27-30,33-34,48H,14-15,17-19H2,1-7H3,(H,43,49)(H,44,50);6,17-20,23,34H,7-8,10-11,30H2,1-5H3/t27-,28?,29-,30-,33-,34-;17-,18?,19-,20-,23-/m00/s1. The fraction of sp³-hybridized carbons (Fsp3) is 0.478. The smallest absolute Gasteiger partial charge is 0.408 e. The second-order valence-electron chi connectivity index (χ2n) is 25.6. The number of alkyl carbamates (subject to hydrolysis) is 1. The number of benzene rings is 5. The molecule has 11 atom stereocenters. The number of hydrogen-bond acceptors (Lipinski definition) is 22. The van der Waals surface area contributed by atoms with E-state index in [1.54, 1.807) is 7.11 Å². The molecular formula is C69H79N9O15. The number of amides is 2. The van der Waals surface area contributed by atoms with Gasteiger partial charge in [0.2, 0.25) is 19.5 Å². The Balaban J connectivity index is 0.000000191. The van der Waals surface area contributed by atoms with Gasteiger partial charge < -0.3 is 69.2 Å². The molecule has 0 saturated carbocycles. The molecule has 5 aromatic rings. The predicted molar refractivity (Wildman–Crippen MR) is 335 cm³/mol. The molecule has 0 radical (unpaired) electrons. The van der Waals surface area contributed by atoms with E-state index in [0.29, 0.717) is 99.5 Å². The highest BCUT2D eigenvalue weighted by molar-refractivity contribution is 5.86. The van der Waals surface area contributed by atoms with Crippen molar-refractivity contribution < 1.29 is 72.0 Å². The number of esters is 2. The van der Waals surface area contributed by atoms with E-state index in [-0.39, 0.29) is 80.9 Å². The molecule has 13 rings (SSSR count). The minimum Gasteiger partial charge on any atom is -0.504 e. The van der Waals surface area contributed by atoms with Crippen LogP contribution in [0.1, 0.15) is 124 Å². The molecule has 2 fully saturated rings. The number of aromatic hydroxyl groups is 2. The third-order valence-electron chi connectivity index (χ3n) is 20.2. The number of piperazine rings is 2. The first-order chi connectivity index (χ1) is 44.6. The predicted octanol–water partition coefficient (Wildman–Crippen LogP) is 6.91. The van der Waals surface area contributed by atoms with Gasteiger partial charge in [-0.2, -0.15) is 10.5 Å². The third kappa shape index (κ3) is 10.6. The first-order valence-electron chi connectivity index (χ1n) is 31.4. The van der Waals surface area contributed by atoms with Gasteiger partial charge in [0.1, 0.15) is 36.2 Å². The number of phenols is 2. The number of ether oxygens (including phenoxy) is 9. The lowest BCUT2D eigenvalue weighted by Gasteiger charge is -2.60. The number of aryl methyl sites for hydroxylation is 2. The minimum atomic E-state index is -0.944. The molecule has 2 saturated heterocycles. The van der Waals surface area contributed by atoms with Crippen molar-refractivity contribution in [3.63, 3.8) is 0 Å². The lowest BCUT2D eigenvalue weighted by atomic mass is 9.71. The van der Waals surface area contributed by atoms with Crippen LogP contribution in [0.4, 0.5) is 4.79 Å². The van der Waals surface area contributed by atoms with Gasteiger partial charge >= 0.3 is 18.0 Å². The maximum atomic E-state index is 14.1. The highest BCUT2D eigenvalue weighted by Crippen LogP contribution is 2.61. The zero-order valence-corrected chi connectivity index (χ0v) is 54.3. The molecule has 24 nitrogen and oxygen atoms in total. The molecule has 6 N–H and O–H groups in total. The van der Waals surface area contributed by atoms with Crippen LogP contribution in [0.15, 0.2) is 42.5 Å². The number of nitriles is 2. The molecule has 93 heavy (non-hydrogen) atoms. The normalized spacial score (nSPS) is 24.5. The lowest BCUT2D eigenvalue weighted by molar-refractivity contribution is -0.133. The zero-order chi connectivity index (χ0) is 66.3. The van der Waals surface area contributed by atoms with Crippen molar-refractivity contribution in [3.8, 4) is 69.6 Å². The molecule has 8 aliphatic heterocycles. The molecule has 2 unspecified atom stereocenters. The van der Waals surface area contributed by atoms with Crippen LogP contribution in [0.3, 0.4) is 0 Å². The number of likely N-dealkylation sites (N-methyl/N-ethyl adjacent to an activating group) is 2. The van der Waals surface area contributed by atoms with E-state index in [4.69, 9.17) is 48.4 Å². The van der Waals surface area contributed by atoms with Crippen molar-refractivity contribution in [2.75, 3.05) is 55.0 Å². The Kier molecular flexibility index (Phi) is 17.3. The van der Waals surface area contributed by atoms with Crippen LogP contribution >= 0.6 is 0 Å². The summed E-state index contributed by atoms with van der Waals surface area (Å²) in [4.78, 5) is 60.5. The summed E-state index contributed by atoms with van der Waals surface area (Å²) in [6.07, 6.45) is 1.14. The number of nitrogens with zero attached hydrogens (tertiary/aromatic N) is 6. The SMILES string of the molecule is COc1c(C)cc2c(c1O)[C@@H]1C3Cc4c(OC(C)=O)c(C)c5c(c4[C@H](CN)N3[C@@H](C#N)[C@H](C2)N1C)OCO5.COc1c(C)cc2c(c1O)[C@@H]1C3Cc4c(OC(C)=O)c(C)c5c(c4[C@H](CNC(=O)[C@@H](NC(=O)OCc4ccccc4)C(C)C)N3[C@@H](C#N)[C@H](C2)N1C)OCO5. The molecular weight excluding hydrogens is 1190 g/mol. The van der Waals surface area contributed by atoms with Crippen molar-refractivity contribution >= 4 is 23.9 Å². The van der Waals surface area contributed by atoms with Gasteiger partial charge in [-0.15, -0.1) is 0 Å². The fourth-order valence-electron chi connectivity index (χ4n) is 16.4. The molecule has 4 bridgehead atoms. The summed E-state index contributed by atoms with van der Waals surface area (Å²) in [6, 6.07) is 13.6. The molecule has 5 aromatic carbocycles. The van der Waals surface area contributed by atoms with Crippen molar-refractivity contribution in [2.24, 2.45) is 11.7 Å². The van der Waals surface area contributed by atoms with Crippen LogP contribution in [0.2, 0.25) is 0 Å². The van der Waals surface area contributed by atoms with E-state index in [1.807, 2.05) is 92.0 Å². The lowest BCUT2D eigenvalue weighted by Crippen LogP contribution is -2.69. The Labute approximate surface area is 539 Å². The second kappa shape index (κ2) is 25.1. The number of carbonyl (C=O) groups excluding carboxylic acids is 4. The van der Waals surface area contributed by atoms with E-state index in [2.05, 4.69) is 48.4 Å². The van der Waals surface area contributed by atoms with E-state index >= 15 is 0 Å². The van der Waals surface area contributed by atoms with Crippen LogP contribution in [0, 0.1) is 56.3 Å². The Morgan fingerprint density at radius 2 is 1.11 bits per heavy atom. The number of carbonyl (C=O) groups is 4. The number of fused-ring (bicyclic) bond motifs is 18. The van der Waals surface area contributed by atoms with E-state index in [0.717, 1.165) is 44.5 Å². The zero-order valence-electron chi connectivity index (χ0n) is 54.3. The average Bonchev–Trinajstić information content (AvgIpc) is 1.47. The average molecular weight is 1270 g/mol. The topological polar surface area (TPSA) is 302 Å². The highest BCUT2D eigenvalue weighted by Gasteiger charge is 2.59. The molecule has 24 heteroatoms. The molecule has 0 aliphatic carbocycles. The number of methoxy groups -OCH3 is 2. The van der Waals surface area contributed by atoms with Crippen LogP contribution < -0.4 is 54.3 Å². The summed E-state index contributed by atoms with van der Waals surface area (Å²) in [6.45, 7) is 14.1. The van der Waals surface area contributed by atoms with Crippen LogP contribution in [0.5, 0.6) is 57.5 Å². The number of hydrogen-bond donors (Lipinski definition) is 5. The maximum Gasteiger partial charge on any atom is 0.408 e.